The van der Waals surface area contributed by atoms with Crippen LogP contribution in [0.25, 0.3) is 11.3 Å². The molecule has 1 heterocycles. The Morgan fingerprint density at radius 3 is 2.64 bits per heavy atom. The fourth-order valence-corrected chi connectivity index (χ4v) is 4.42. The van der Waals surface area contributed by atoms with Crippen molar-refractivity contribution in [3.63, 3.8) is 0 Å². The molecule has 2 aromatic carbocycles. The number of hydrogen-bond donors (Lipinski definition) is 1. The summed E-state index contributed by atoms with van der Waals surface area (Å²) in [7, 11) is 0. The lowest BCUT2D eigenvalue weighted by Gasteiger charge is -2.12. The van der Waals surface area contributed by atoms with Crippen molar-refractivity contribution in [3.05, 3.63) is 65.0 Å². The SMILES string of the molecule is Cc1ccc(NC(=O)C(C)Sc2nc(-c3ccccc3)cs2)c(C)c1. The van der Waals surface area contributed by atoms with Gasteiger partial charge in [0.1, 0.15) is 0 Å². The first-order chi connectivity index (χ1) is 12.0. The van der Waals surface area contributed by atoms with Gasteiger partial charge in [-0.3, -0.25) is 4.79 Å². The maximum atomic E-state index is 12.5. The maximum absolute atomic E-state index is 12.5. The number of rotatable bonds is 5. The highest BCUT2D eigenvalue weighted by atomic mass is 32.2. The second-order valence-corrected chi connectivity index (χ2v) is 8.38. The van der Waals surface area contributed by atoms with E-state index >= 15 is 0 Å². The minimum atomic E-state index is -0.213. The summed E-state index contributed by atoms with van der Waals surface area (Å²) in [5.41, 5.74) is 5.18. The molecule has 0 fully saturated rings. The van der Waals surface area contributed by atoms with Crippen LogP contribution in [0, 0.1) is 13.8 Å². The highest BCUT2D eigenvalue weighted by Crippen LogP contribution is 2.31. The molecule has 3 rings (SSSR count). The van der Waals surface area contributed by atoms with E-state index in [1.807, 2.05) is 68.6 Å². The lowest BCUT2D eigenvalue weighted by molar-refractivity contribution is -0.115. The first kappa shape index (κ1) is 17.7. The van der Waals surface area contributed by atoms with Gasteiger partial charge in [0.15, 0.2) is 4.34 Å². The van der Waals surface area contributed by atoms with Crippen LogP contribution in [0.4, 0.5) is 5.69 Å². The number of hydrogen-bond acceptors (Lipinski definition) is 4. The van der Waals surface area contributed by atoms with Crippen LogP contribution in [-0.4, -0.2) is 16.1 Å². The minimum absolute atomic E-state index is 0.00610. The normalized spacial score (nSPS) is 12.0. The lowest BCUT2D eigenvalue weighted by atomic mass is 10.1. The van der Waals surface area contributed by atoms with Crippen molar-refractivity contribution in [2.24, 2.45) is 0 Å². The smallest absolute Gasteiger partial charge is 0.237 e. The molecule has 0 aliphatic heterocycles. The molecular formula is C20H20N2OS2. The third-order valence-electron chi connectivity index (χ3n) is 3.84. The first-order valence-electron chi connectivity index (χ1n) is 8.08. The number of benzene rings is 2. The van der Waals surface area contributed by atoms with Gasteiger partial charge in [-0.25, -0.2) is 4.98 Å². The van der Waals surface area contributed by atoms with Crippen LogP contribution in [0.1, 0.15) is 18.1 Å². The van der Waals surface area contributed by atoms with E-state index in [1.54, 1.807) is 11.3 Å². The van der Waals surface area contributed by atoms with Crippen molar-refractivity contribution < 1.29 is 4.79 Å². The zero-order valence-corrected chi connectivity index (χ0v) is 16.1. The Hall–Kier alpha value is -2.11. The van der Waals surface area contributed by atoms with E-state index in [1.165, 1.54) is 17.3 Å². The lowest BCUT2D eigenvalue weighted by Crippen LogP contribution is -2.22. The molecule has 0 saturated heterocycles. The van der Waals surface area contributed by atoms with E-state index in [9.17, 15) is 4.79 Å². The number of thioether (sulfide) groups is 1. The fraction of sp³-hybridized carbons (Fsp3) is 0.200. The van der Waals surface area contributed by atoms with E-state index in [4.69, 9.17) is 0 Å². The molecular weight excluding hydrogens is 348 g/mol. The standard InChI is InChI=1S/C20H20N2OS2/c1-13-9-10-17(14(2)11-13)21-19(23)15(3)25-20-22-18(12-24-20)16-7-5-4-6-8-16/h4-12,15H,1-3H3,(H,21,23). The highest BCUT2D eigenvalue weighted by Gasteiger charge is 2.17. The molecule has 5 heteroatoms. The zero-order chi connectivity index (χ0) is 17.8. The minimum Gasteiger partial charge on any atom is -0.325 e. The molecule has 1 aromatic heterocycles. The van der Waals surface area contributed by atoms with Gasteiger partial charge in [-0.05, 0) is 32.4 Å². The Bertz CT molecular complexity index is 874. The summed E-state index contributed by atoms with van der Waals surface area (Å²) in [5.74, 6) is -0.00610. The molecule has 0 bridgehead atoms. The number of nitrogens with one attached hydrogen (secondary N) is 1. The molecule has 128 valence electrons. The molecule has 0 saturated carbocycles. The van der Waals surface area contributed by atoms with E-state index in [2.05, 4.69) is 16.4 Å². The summed E-state index contributed by atoms with van der Waals surface area (Å²) in [5, 5.41) is 4.83. The largest absolute Gasteiger partial charge is 0.325 e. The van der Waals surface area contributed by atoms with Crippen LogP contribution in [0.15, 0.2) is 58.3 Å². The van der Waals surface area contributed by atoms with Crippen LogP contribution in [0.3, 0.4) is 0 Å². The fourth-order valence-electron chi connectivity index (χ4n) is 2.45. The van der Waals surface area contributed by atoms with Crippen molar-refractivity contribution in [2.75, 3.05) is 5.32 Å². The number of aryl methyl sites for hydroxylation is 2. The molecule has 1 unspecified atom stereocenters. The summed E-state index contributed by atoms with van der Waals surface area (Å²) in [4.78, 5) is 17.1. The van der Waals surface area contributed by atoms with Crippen LogP contribution < -0.4 is 5.32 Å². The summed E-state index contributed by atoms with van der Waals surface area (Å²) < 4.78 is 0.905. The van der Waals surface area contributed by atoms with Gasteiger partial charge in [0.2, 0.25) is 5.91 Å². The van der Waals surface area contributed by atoms with Gasteiger partial charge in [-0.1, -0.05) is 59.8 Å². The third kappa shape index (κ3) is 4.50. The van der Waals surface area contributed by atoms with Crippen molar-refractivity contribution >= 4 is 34.7 Å². The average Bonchev–Trinajstić information content (AvgIpc) is 3.06. The number of thiazole rings is 1. The van der Waals surface area contributed by atoms with Gasteiger partial charge in [-0.2, -0.15) is 0 Å². The Kier molecular flexibility index (Phi) is 5.56. The van der Waals surface area contributed by atoms with Crippen molar-refractivity contribution in [1.82, 2.24) is 4.98 Å². The average molecular weight is 369 g/mol. The van der Waals surface area contributed by atoms with E-state index < -0.39 is 0 Å². The monoisotopic (exact) mass is 368 g/mol. The van der Waals surface area contributed by atoms with Crippen molar-refractivity contribution in [1.29, 1.82) is 0 Å². The predicted octanol–water partition coefficient (Wildman–Crippen LogP) is 5.55. The molecule has 1 atom stereocenters. The number of aromatic nitrogens is 1. The maximum Gasteiger partial charge on any atom is 0.237 e. The van der Waals surface area contributed by atoms with Crippen molar-refractivity contribution in [3.8, 4) is 11.3 Å². The Labute approximate surface area is 156 Å². The summed E-state index contributed by atoms with van der Waals surface area (Å²) >= 11 is 3.06. The summed E-state index contributed by atoms with van der Waals surface area (Å²) in [6.45, 7) is 5.96. The molecule has 1 amide bonds. The number of carbonyl (C=O) groups excluding carboxylic acids is 1. The van der Waals surface area contributed by atoms with Gasteiger partial charge < -0.3 is 5.32 Å². The highest BCUT2D eigenvalue weighted by molar-refractivity contribution is 8.02. The molecule has 0 aliphatic carbocycles. The molecule has 0 radical (unpaired) electrons. The Balaban J connectivity index is 1.65. The number of amides is 1. The van der Waals surface area contributed by atoms with Gasteiger partial charge in [0, 0.05) is 16.6 Å². The van der Waals surface area contributed by atoms with Crippen LogP contribution in [0.5, 0.6) is 0 Å². The number of anilines is 1. The molecule has 0 aliphatic rings. The van der Waals surface area contributed by atoms with Crippen LogP contribution >= 0.6 is 23.1 Å². The number of carbonyl (C=O) groups is 1. The van der Waals surface area contributed by atoms with Crippen molar-refractivity contribution in [2.45, 2.75) is 30.4 Å². The summed E-state index contributed by atoms with van der Waals surface area (Å²) in [6.07, 6.45) is 0. The van der Waals surface area contributed by atoms with Gasteiger partial charge in [-0.15, -0.1) is 11.3 Å². The zero-order valence-electron chi connectivity index (χ0n) is 14.4. The van der Waals surface area contributed by atoms with Gasteiger partial charge in [0.25, 0.3) is 0 Å². The first-order valence-corrected chi connectivity index (χ1v) is 9.84. The Morgan fingerprint density at radius 1 is 1.16 bits per heavy atom. The van der Waals surface area contributed by atoms with Crippen LogP contribution in [0.2, 0.25) is 0 Å². The number of nitrogens with zero attached hydrogens (tertiary/aromatic N) is 1. The van der Waals surface area contributed by atoms with E-state index in [0.29, 0.717) is 0 Å². The molecule has 0 spiro atoms. The second-order valence-electron chi connectivity index (χ2n) is 5.93. The second kappa shape index (κ2) is 7.85. The van der Waals surface area contributed by atoms with Gasteiger partial charge in [0.05, 0.1) is 10.9 Å². The quantitative estimate of drug-likeness (QED) is 0.601. The summed E-state index contributed by atoms with van der Waals surface area (Å²) in [6, 6.07) is 16.1. The topological polar surface area (TPSA) is 42.0 Å². The van der Waals surface area contributed by atoms with Gasteiger partial charge >= 0.3 is 0 Å². The Morgan fingerprint density at radius 2 is 1.92 bits per heavy atom. The van der Waals surface area contributed by atoms with E-state index in [0.717, 1.165) is 26.8 Å². The molecule has 3 nitrogen and oxygen atoms in total. The third-order valence-corrected chi connectivity index (χ3v) is 5.91. The predicted molar refractivity (Wildman–Crippen MR) is 107 cm³/mol. The molecule has 1 N–H and O–H groups in total. The van der Waals surface area contributed by atoms with E-state index in [-0.39, 0.29) is 11.2 Å². The molecule has 3 aromatic rings. The van der Waals surface area contributed by atoms with Crippen LogP contribution in [-0.2, 0) is 4.79 Å². The molecule has 25 heavy (non-hydrogen) atoms.